The average molecular weight is 340 g/mol. The number of nitrogens with two attached hydrogens (primary N) is 1. The highest BCUT2D eigenvalue weighted by Crippen LogP contribution is 2.23. The molecule has 0 aliphatic rings. The summed E-state index contributed by atoms with van der Waals surface area (Å²) in [4.78, 5) is 11.5. The zero-order valence-corrected chi connectivity index (χ0v) is 15.8. The molecule has 2 heterocycles. The summed E-state index contributed by atoms with van der Waals surface area (Å²) in [5.41, 5.74) is 9.56. The second-order valence-electron chi connectivity index (χ2n) is 4.93. The van der Waals surface area contributed by atoms with Gasteiger partial charge in [-0.15, -0.1) is 10.2 Å². The van der Waals surface area contributed by atoms with Crippen molar-refractivity contribution in [3.05, 3.63) is 48.0 Å². The summed E-state index contributed by atoms with van der Waals surface area (Å²) in [5.74, 6) is 0.610. The third kappa shape index (κ3) is 4.89. The molecule has 0 fully saturated rings. The standard InChI is InChI=1S/C16H16N4O.2C2H6/c1-2-13(21)10-11-6-8-12(9-7-11)14-4-3-5-15-18-19-16(17)20(14)15;2*1-2/h3-9H,2,10H2,1H3,(H2,17,19);2*1-2H3. The molecule has 3 rings (SSSR count). The van der Waals surface area contributed by atoms with Gasteiger partial charge in [0.2, 0.25) is 5.95 Å². The van der Waals surface area contributed by atoms with E-state index in [9.17, 15) is 4.79 Å². The van der Waals surface area contributed by atoms with E-state index in [0.29, 0.717) is 18.8 Å². The molecule has 5 nitrogen and oxygen atoms in total. The third-order valence-electron chi connectivity index (χ3n) is 3.50. The van der Waals surface area contributed by atoms with E-state index in [1.165, 1.54) is 0 Å². The average Bonchev–Trinajstić information content (AvgIpc) is 3.07. The molecule has 0 saturated carbocycles. The Balaban J connectivity index is 0.000000730. The van der Waals surface area contributed by atoms with Crippen molar-refractivity contribution in [1.29, 1.82) is 0 Å². The van der Waals surface area contributed by atoms with Crippen LogP contribution in [-0.4, -0.2) is 20.4 Å². The molecular formula is C20H28N4O. The van der Waals surface area contributed by atoms with Gasteiger partial charge in [0.1, 0.15) is 5.78 Å². The topological polar surface area (TPSA) is 73.3 Å². The first-order valence-electron chi connectivity index (χ1n) is 8.89. The number of benzene rings is 1. The number of anilines is 1. The van der Waals surface area contributed by atoms with E-state index in [1.807, 2.05) is 81.5 Å². The van der Waals surface area contributed by atoms with E-state index in [4.69, 9.17) is 5.73 Å². The Morgan fingerprint density at radius 3 is 2.24 bits per heavy atom. The van der Waals surface area contributed by atoms with Crippen LogP contribution in [0.1, 0.15) is 46.6 Å². The zero-order chi connectivity index (χ0) is 18.8. The van der Waals surface area contributed by atoms with Crippen LogP contribution in [-0.2, 0) is 11.2 Å². The third-order valence-corrected chi connectivity index (χ3v) is 3.50. The molecule has 5 heteroatoms. The molecule has 0 aliphatic heterocycles. The first kappa shape index (κ1) is 20.4. The number of hydrogen-bond acceptors (Lipinski definition) is 4. The molecule has 0 radical (unpaired) electrons. The van der Waals surface area contributed by atoms with E-state index in [-0.39, 0.29) is 5.78 Å². The summed E-state index contributed by atoms with van der Waals surface area (Å²) in [6.07, 6.45) is 1.05. The normalized spacial score (nSPS) is 9.64. The van der Waals surface area contributed by atoms with Gasteiger partial charge in [-0.25, -0.2) is 0 Å². The van der Waals surface area contributed by atoms with Gasteiger partial charge in [-0.05, 0) is 23.3 Å². The lowest BCUT2D eigenvalue weighted by molar-refractivity contribution is -0.118. The van der Waals surface area contributed by atoms with E-state index in [2.05, 4.69) is 10.2 Å². The number of Topliss-reactive ketones (excluding diaryl/α,β-unsaturated/α-hetero) is 1. The lowest BCUT2D eigenvalue weighted by atomic mass is 10.0. The van der Waals surface area contributed by atoms with Crippen LogP contribution in [0, 0.1) is 0 Å². The van der Waals surface area contributed by atoms with Gasteiger partial charge in [0, 0.05) is 12.8 Å². The Kier molecular flexibility index (Phi) is 8.33. The summed E-state index contributed by atoms with van der Waals surface area (Å²) in [7, 11) is 0. The number of hydrogen-bond donors (Lipinski definition) is 1. The number of carbonyl (C=O) groups excluding carboxylic acids is 1. The Morgan fingerprint density at radius 1 is 1.00 bits per heavy atom. The number of nitrogen functional groups attached to an aromatic ring is 1. The molecule has 0 amide bonds. The van der Waals surface area contributed by atoms with Gasteiger partial charge in [-0.2, -0.15) is 0 Å². The van der Waals surface area contributed by atoms with Crippen molar-refractivity contribution in [2.45, 2.75) is 47.5 Å². The highest BCUT2D eigenvalue weighted by molar-refractivity contribution is 5.80. The summed E-state index contributed by atoms with van der Waals surface area (Å²) >= 11 is 0. The monoisotopic (exact) mass is 340 g/mol. The SMILES string of the molecule is CC.CC.CCC(=O)Cc1ccc(-c2cccc3nnc(N)n23)cc1. The minimum Gasteiger partial charge on any atom is -0.368 e. The molecular weight excluding hydrogens is 312 g/mol. The summed E-state index contributed by atoms with van der Waals surface area (Å²) in [6.45, 7) is 9.88. The fraction of sp³-hybridized carbons (Fsp3) is 0.350. The number of fused-ring (bicyclic) bond motifs is 1. The van der Waals surface area contributed by atoms with Crippen LogP contribution in [0.2, 0.25) is 0 Å². The van der Waals surface area contributed by atoms with Crippen molar-refractivity contribution in [2.75, 3.05) is 5.73 Å². The van der Waals surface area contributed by atoms with Crippen LogP contribution in [0.3, 0.4) is 0 Å². The number of ketones is 1. The van der Waals surface area contributed by atoms with Crippen molar-refractivity contribution in [1.82, 2.24) is 14.6 Å². The summed E-state index contributed by atoms with van der Waals surface area (Å²) < 4.78 is 1.81. The quantitative estimate of drug-likeness (QED) is 0.756. The lowest BCUT2D eigenvalue weighted by Gasteiger charge is -2.07. The van der Waals surface area contributed by atoms with E-state index in [1.54, 1.807) is 0 Å². The van der Waals surface area contributed by atoms with Crippen molar-refractivity contribution >= 4 is 17.4 Å². The molecule has 134 valence electrons. The Bertz CT molecular complexity index is 791. The molecule has 0 bridgehead atoms. The van der Waals surface area contributed by atoms with E-state index >= 15 is 0 Å². The highest BCUT2D eigenvalue weighted by Gasteiger charge is 2.08. The van der Waals surface area contributed by atoms with E-state index in [0.717, 1.165) is 22.5 Å². The van der Waals surface area contributed by atoms with Crippen molar-refractivity contribution in [3.8, 4) is 11.3 Å². The second-order valence-corrected chi connectivity index (χ2v) is 4.93. The predicted octanol–water partition coefficient (Wildman–Crippen LogP) is 4.55. The van der Waals surface area contributed by atoms with Gasteiger partial charge < -0.3 is 5.73 Å². The molecule has 0 aliphatic carbocycles. The largest absolute Gasteiger partial charge is 0.368 e. The number of pyridine rings is 1. The van der Waals surface area contributed by atoms with Gasteiger partial charge >= 0.3 is 0 Å². The van der Waals surface area contributed by atoms with Crippen LogP contribution in [0.15, 0.2) is 42.5 Å². The zero-order valence-electron chi connectivity index (χ0n) is 15.8. The molecule has 2 aromatic heterocycles. The fourth-order valence-corrected chi connectivity index (χ4v) is 2.34. The Morgan fingerprint density at radius 2 is 1.64 bits per heavy atom. The van der Waals surface area contributed by atoms with E-state index < -0.39 is 0 Å². The van der Waals surface area contributed by atoms with Crippen LogP contribution in [0.4, 0.5) is 5.95 Å². The highest BCUT2D eigenvalue weighted by atomic mass is 16.1. The number of nitrogens with zero attached hydrogens (tertiary/aromatic N) is 3. The first-order valence-corrected chi connectivity index (χ1v) is 8.89. The van der Waals surface area contributed by atoms with Crippen LogP contribution >= 0.6 is 0 Å². The number of aromatic nitrogens is 3. The molecule has 0 unspecified atom stereocenters. The summed E-state index contributed by atoms with van der Waals surface area (Å²) in [5, 5.41) is 7.91. The first-order chi connectivity index (χ1) is 12.2. The van der Waals surface area contributed by atoms with Crippen LogP contribution in [0.5, 0.6) is 0 Å². The Labute approximate surface area is 149 Å². The molecule has 1 aromatic carbocycles. The second kappa shape index (κ2) is 10.2. The molecule has 3 aromatic rings. The molecule has 0 spiro atoms. The summed E-state index contributed by atoms with van der Waals surface area (Å²) in [6, 6.07) is 13.7. The van der Waals surface area contributed by atoms with Gasteiger partial charge in [-0.1, -0.05) is 65.0 Å². The maximum Gasteiger partial charge on any atom is 0.226 e. The maximum absolute atomic E-state index is 11.5. The Hall–Kier alpha value is -2.69. The minimum atomic E-state index is 0.243. The number of rotatable bonds is 4. The van der Waals surface area contributed by atoms with Crippen molar-refractivity contribution in [3.63, 3.8) is 0 Å². The van der Waals surface area contributed by atoms with Gasteiger partial charge in [-0.3, -0.25) is 9.20 Å². The molecule has 25 heavy (non-hydrogen) atoms. The molecule has 2 N–H and O–H groups in total. The van der Waals surface area contributed by atoms with Gasteiger partial charge in [0.25, 0.3) is 0 Å². The smallest absolute Gasteiger partial charge is 0.226 e. The van der Waals surface area contributed by atoms with Gasteiger partial charge in [0.05, 0.1) is 5.69 Å². The lowest BCUT2D eigenvalue weighted by Crippen LogP contribution is -2.00. The van der Waals surface area contributed by atoms with Crippen LogP contribution < -0.4 is 5.73 Å². The van der Waals surface area contributed by atoms with Crippen molar-refractivity contribution in [2.24, 2.45) is 0 Å². The fourth-order valence-electron chi connectivity index (χ4n) is 2.34. The molecule has 0 saturated heterocycles. The van der Waals surface area contributed by atoms with Gasteiger partial charge in [0.15, 0.2) is 5.65 Å². The number of carbonyl (C=O) groups is 1. The van der Waals surface area contributed by atoms with Crippen molar-refractivity contribution < 1.29 is 4.79 Å². The predicted molar refractivity (Wildman–Crippen MR) is 105 cm³/mol. The molecule has 0 atom stereocenters. The van der Waals surface area contributed by atoms with Crippen LogP contribution in [0.25, 0.3) is 16.9 Å². The minimum absolute atomic E-state index is 0.243. The maximum atomic E-state index is 11.5.